The molecule has 0 spiro atoms. The predicted octanol–water partition coefficient (Wildman–Crippen LogP) is 5.74. The molecule has 1 aliphatic rings. The third-order valence-electron chi connectivity index (χ3n) is 6.31. The van der Waals surface area contributed by atoms with Crippen molar-refractivity contribution in [2.24, 2.45) is 0 Å². The molecule has 6 rings (SSSR count). The first-order chi connectivity index (χ1) is 19.6. The van der Waals surface area contributed by atoms with Crippen LogP contribution < -0.4 is 10.1 Å². The summed E-state index contributed by atoms with van der Waals surface area (Å²) in [5, 5.41) is 8.76. The van der Waals surface area contributed by atoms with Gasteiger partial charge in [-0.15, -0.1) is 0 Å². The van der Waals surface area contributed by atoms with Crippen molar-refractivity contribution >= 4 is 22.4 Å². The lowest BCUT2D eigenvalue weighted by Crippen LogP contribution is -2.14. The summed E-state index contributed by atoms with van der Waals surface area (Å²) in [5.74, 6) is -0.398. The number of ether oxygens (including phenoxy) is 3. The number of hydrogen-bond acceptors (Lipinski definition) is 8. The first-order valence-electron chi connectivity index (χ1n) is 12.6. The molecular weight excluding hydrogens is 518 g/mol. The molecule has 0 saturated heterocycles. The smallest absolute Gasteiger partial charge is 0.243 e. The van der Waals surface area contributed by atoms with E-state index in [0.29, 0.717) is 35.9 Å². The average Bonchev–Trinajstić information content (AvgIpc) is 3.61. The fourth-order valence-corrected chi connectivity index (χ4v) is 4.44. The van der Waals surface area contributed by atoms with Gasteiger partial charge in [0.05, 0.1) is 25.1 Å². The van der Waals surface area contributed by atoms with Crippen LogP contribution in [-0.4, -0.2) is 37.6 Å². The van der Waals surface area contributed by atoms with Crippen molar-refractivity contribution in [1.82, 2.24) is 24.7 Å². The molecule has 1 aliphatic heterocycles. The number of benzene rings is 2. The topological polar surface area (TPSA) is 96.2 Å². The summed E-state index contributed by atoms with van der Waals surface area (Å²) in [6, 6.07) is 13.4. The second kappa shape index (κ2) is 11.0. The molecule has 0 saturated carbocycles. The molecule has 0 amide bonds. The molecule has 40 heavy (non-hydrogen) atoms. The molecular formula is C29H24F2N6O3. The summed E-state index contributed by atoms with van der Waals surface area (Å²) < 4.78 is 47.5. The Labute approximate surface area is 228 Å². The van der Waals surface area contributed by atoms with Crippen molar-refractivity contribution in [2.45, 2.75) is 26.2 Å². The fraction of sp³-hybridized carbons (Fsp3) is 0.172. The van der Waals surface area contributed by atoms with Crippen LogP contribution >= 0.6 is 0 Å². The Morgan fingerprint density at radius 3 is 2.52 bits per heavy atom. The van der Waals surface area contributed by atoms with Gasteiger partial charge in [-0.05, 0) is 25.1 Å². The number of nitrogens with one attached hydrogen (secondary N) is 1. The molecule has 0 radical (unpaired) electrons. The van der Waals surface area contributed by atoms with Crippen molar-refractivity contribution < 1.29 is 23.0 Å². The van der Waals surface area contributed by atoms with Crippen LogP contribution in [0.25, 0.3) is 22.4 Å². The number of fused-ring (bicyclic) bond motifs is 1. The van der Waals surface area contributed by atoms with Crippen molar-refractivity contribution in [3.63, 3.8) is 0 Å². The molecule has 0 bridgehead atoms. The lowest BCUT2D eigenvalue weighted by molar-refractivity contribution is -0.0209. The number of rotatable bonds is 9. The van der Waals surface area contributed by atoms with Gasteiger partial charge in [0.15, 0.2) is 5.82 Å². The first-order valence-corrected chi connectivity index (χ1v) is 12.6. The molecule has 0 atom stereocenters. The van der Waals surface area contributed by atoms with Gasteiger partial charge in [-0.1, -0.05) is 18.2 Å². The highest BCUT2D eigenvalue weighted by atomic mass is 19.1. The molecule has 4 heterocycles. The lowest BCUT2D eigenvalue weighted by atomic mass is 10.1. The number of anilines is 2. The molecule has 5 aromatic rings. The van der Waals surface area contributed by atoms with Crippen molar-refractivity contribution in [1.29, 1.82) is 0 Å². The zero-order valence-electron chi connectivity index (χ0n) is 21.4. The van der Waals surface area contributed by atoms with Crippen molar-refractivity contribution in [2.75, 3.05) is 11.9 Å². The Hall–Kier alpha value is -5.06. The van der Waals surface area contributed by atoms with E-state index in [9.17, 15) is 8.78 Å². The van der Waals surface area contributed by atoms with E-state index in [1.807, 2.05) is 36.4 Å². The van der Waals surface area contributed by atoms with E-state index in [1.165, 1.54) is 24.7 Å². The largest absolute Gasteiger partial charge is 0.494 e. The number of para-hydroxylation sites is 1. The van der Waals surface area contributed by atoms with Crippen molar-refractivity contribution in [3.8, 4) is 17.3 Å². The van der Waals surface area contributed by atoms with Gasteiger partial charge in [0.25, 0.3) is 0 Å². The SMILES string of the molecule is CCOc1cc(F)c(Cn2nc(-c3ncc(CC4OC=CO4)c(Nc4ccncc4)n3)c3ccccc32)c(F)c1. The Bertz CT molecular complexity index is 1660. The van der Waals surface area contributed by atoms with Gasteiger partial charge in [-0.2, -0.15) is 5.10 Å². The third-order valence-corrected chi connectivity index (χ3v) is 6.31. The van der Waals surface area contributed by atoms with Gasteiger partial charge in [0, 0.05) is 52.9 Å². The quantitative estimate of drug-likeness (QED) is 0.252. The van der Waals surface area contributed by atoms with Crippen LogP contribution in [0.15, 0.2) is 79.6 Å². The van der Waals surface area contributed by atoms with E-state index in [4.69, 9.17) is 24.3 Å². The highest BCUT2D eigenvalue weighted by Crippen LogP contribution is 2.30. The molecule has 1 N–H and O–H groups in total. The number of nitrogens with zero attached hydrogens (tertiary/aromatic N) is 5. The molecule has 3 aromatic heterocycles. The predicted molar refractivity (Wildman–Crippen MR) is 144 cm³/mol. The Kier molecular flexibility index (Phi) is 6.92. The standard InChI is InChI=1S/C29H24F2N6O3/c1-2-38-20-14-23(30)22(24(31)15-20)17-37-25-6-4-3-5-21(25)27(36-37)29-33-16-18(13-26-39-11-12-40-26)28(35-29)34-19-7-9-32-10-8-19/h3-12,14-16,26H,2,13,17H2,1H3,(H,32,33,34,35). The molecule has 202 valence electrons. The van der Waals surface area contributed by atoms with Gasteiger partial charge in [-0.25, -0.2) is 18.7 Å². The monoisotopic (exact) mass is 542 g/mol. The van der Waals surface area contributed by atoms with Gasteiger partial charge >= 0.3 is 0 Å². The average molecular weight is 543 g/mol. The second-order valence-corrected chi connectivity index (χ2v) is 8.93. The minimum atomic E-state index is -0.708. The second-order valence-electron chi connectivity index (χ2n) is 8.93. The number of aromatic nitrogens is 5. The summed E-state index contributed by atoms with van der Waals surface area (Å²) >= 11 is 0. The van der Waals surface area contributed by atoms with Crippen LogP contribution in [-0.2, 0) is 22.4 Å². The lowest BCUT2D eigenvalue weighted by Gasteiger charge is -2.15. The normalized spacial score (nSPS) is 12.9. The van der Waals surface area contributed by atoms with Crippen LogP contribution in [0.1, 0.15) is 18.1 Å². The van der Waals surface area contributed by atoms with Gasteiger partial charge < -0.3 is 19.5 Å². The van der Waals surface area contributed by atoms with Crippen LogP contribution in [0, 0.1) is 11.6 Å². The molecule has 11 heteroatoms. The van der Waals surface area contributed by atoms with E-state index >= 15 is 0 Å². The highest BCUT2D eigenvalue weighted by Gasteiger charge is 2.22. The summed E-state index contributed by atoms with van der Waals surface area (Å²) in [6.45, 7) is 1.93. The van der Waals surface area contributed by atoms with E-state index < -0.39 is 17.9 Å². The number of hydrogen-bond donors (Lipinski definition) is 1. The Balaban J connectivity index is 1.39. The van der Waals surface area contributed by atoms with Crippen LogP contribution in [0.4, 0.5) is 20.3 Å². The fourth-order valence-electron chi connectivity index (χ4n) is 4.44. The first kappa shape index (κ1) is 25.2. The maximum atomic E-state index is 14.9. The van der Waals surface area contributed by atoms with Gasteiger partial charge in [-0.3, -0.25) is 9.67 Å². The van der Waals surface area contributed by atoms with Gasteiger partial charge in [0.2, 0.25) is 6.29 Å². The summed E-state index contributed by atoms with van der Waals surface area (Å²) in [6.07, 6.45) is 7.92. The molecule has 9 nitrogen and oxygen atoms in total. The third kappa shape index (κ3) is 5.13. The number of pyridine rings is 1. The summed E-state index contributed by atoms with van der Waals surface area (Å²) in [4.78, 5) is 13.5. The summed E-state index contributed by atoms with van der Waals surface area (Å²) in [7, 11) is 0. The Morgan fingerprint density at radius 1 is 1.02 bits per heavy atom. The minimum absolute atomic E-state index is 0.121. The summed E-state index contributed by atoms with van der Waals surface area (Å²) in [5.41, 5.74) is 2.58. The van der Waals surface area contributed by atoms with Gasteiger partial charge in [0.1, 0.15) is 41.4 Å². The van der Waals surface area contributed by atoms with E-state index in [1.54, 1.807) is 30.2 Å². The maximum absolute atomic E-state index is 14.9. The zero-order valence-corrected chi connectivity index (χ0v) is 21.4. The van der Waals surface area contributed by atoms with E-state index in [2.05, 4.69) is 15.3 Å². The van der Waals surface area contributed by atoms with Crippen LogP contribution in [0.5, 0.6) is 5.75 Å². The molecule has 2 aromatic carbocycles. The number of halogens is 2. The highest BCUT2D eigenvalue weighted by molar-refractivity contribution is 5.91. The van der Waals surface area contributed by atoms with Crippen molar-refractivity contribution in [3.05, 3.63) is 102 Å². The molecule has 0 fully saturated rings. The van der Waals surface area contributed by atoms with E-state index in [0.717, 1.165) is 16.6 Å². The van der Waals surface area contributed by atoms with Crippen LogP contribution in [0.3, 0.4) is 0 Å². The molecule has 0 aliphatic carbocycles. The minimum Gasteiger partial charge on any atom is -0.494 e. The molecule has 0 unspecified atom stereocenters. The zero-order chi connectivity index (χ0) is 27.5. The van der Waals surface area contributed by atoms with E-state index in [-0.39, 0.29) is 17.9 Å². The Morgan fingerprint density at radius 2 is 1.77 bits per heavy atom. The maximum Gasteiger partial charge on any atom is 0.243 e. The van der Waals surface area contributed by atoms with Crippen LogP contribution in [0.2, 0.25) is 0 Å².